The highest BCUT2D eigenvalue weighted by atomic mass is 79.9. The lowest BCUT2D eigenvalue weighted by Crippen LogP contribution is -2.42. The minimum Gasteiger partial charge on any atom is -0.488 e. The van der Waals surface area contributed by atoms with Crippen LogP contribution in [0.3, 0.4) is 0 Å². The van der Waals surface area contributed by atoms with Crippen molar-refractivity contribution in [3.63, 3.8) is 0 Å². The van der Waals surface area contributed by atoms with Crippen LogP contribution in [0.1, 0.15) is 11.1 Å². The predicted octanol–water partition coefficient (Wildman–Crippen LogP) is 4.12. The Morgan fingerprint density at radius 2 is 2.00 bits per heavy atom. The normalized spacial score (nSPS) is 14.9. The van der Waals surface area contributed by atoms with Crippen LogP contribution in [-0.2, 0) is 16.1 Å². The van der Waals surface area contributed by atoms with Gasteiger partial charge in [-0.2, -0.15) is 5.10 Å². The van der Waals surface area contributed by atoms with Crippen molar-refractivity contribution in [2.45, 2.75) is 6.61 Å². The number of halogens is 3. The zero-order chi connectivity index (χ0) is 20.6. The molecule has 9 heteroatoms. The van der Waals surface area contributed by atoms with Gasteiger partial charge in [0.05, 0.1) is 36.0 Å². The van der Waals surface area contributed by atoms with Gasteiger partial charge in [-0.25, -0.2) is 5.43 Å². The van der Waals surface area contributed by atoms with Crippen LogP contribution in [-0.4, -0.2) is 49.9 Å². The smallest absolute Gasteiger partial charge is 0.254 e. The molecule has 0 unspecified atom stereocenters. The van der Waals surface area contributed by atoms with Crippen molar-refractivity contribution < 1.29 is 14.3 Å². The summed E-state index contributed by atoms with van der Waals surface area (Å²) >= 11 is 15.4. The van der Waals surface area contributed by atoms with Crippen LogP contribution >= 0.6 is 39.1 Å². The number of hydrogen-bond donors (Lipinski definition) is 1. The summed E-state index contributed by atoms with van der Waals surface area (Å²) in [6.07, 6.45) is 1.56. The molecule has 2 aromatic carbocycles. The molecule has 1 aliphatic rings. The van der Waals surface area contributed by atoms with E-state index in [-0.39, 0.29) is 5.91 Å². The Bertz CT molecular complexity index is 889. The number of carbonyl (C=O) groups excluding carboxylic acids is 1. The van der Waals surface area contributed by atoms with Gasteiger partial charge in [0.2, 0.25) is 0 Å². The number of hydrogen-bond acceptors (Lipinski definition) is 5. The van der Waals surface area contributed by atoms with Gasteiger partial charge in [0, 0.05) is 23.1 Å². The highest BCUT2D eigenvalue weighted by molar-refractivity contribution is 9.10. The standard InChI is InChI=1S/C20H20BrCl2N3O3/c21-16-2-4-19(29-13-14-1-3-17(22)18(23)9-14)15(10-16)11-24-25-20(27)12-26-5-7-28-8-6-26/h1-4,9-11H,5-8,12-13H2,(H,25,27). The molecule has 1 amide bonds. The van der Waals surface area contributed by atoms with Gasteiger partial charge >= 0.3 is 0 Å². The van der Waals surface area contributed by atoms with E-state index in [1.54, 1.807) is 18.3 Å². The Morgan fingerprint density at radius 1 is 1.21 bits per heavy atom. The lowest BCUT2D eigenvalue weighted by molar-refractivity contribution is -0.123. The molecule has 2 aromatic rings. The summed E-state index contributed by atoms with van der Waals surface area (Å²) in [6, 6.07) is 10.9. The SMILES string of the molecule is O=C(CN1CCOCC1)NN=Cc1cc(Br)ccc1OCc1ccc(Cl)c(Cl)c1. The van der Waals surface area contributed by atoms with Crippen LogP contribution in [0.25, 0.3) is 0 Å². The van der Waals surface area contributed by atoms with E-state index in [1.165, 1.54) is 0 Å². The third-order valence-electron chi connectivity index (χ3n) is 4.21. The first-order valence-corrected chi connectivity index (χ1v) is 10.5. The van der Waals surface area contributed by atoms with Crippen LogP contribution in [0.5, 0.6) is 5.75 Å². The number of nitrogens with one attached hydrogen (secondary N) is 1. The third-order valence-corrected chi connectivity index (χ3v) is 5.45. The van der Waals surface area contributed by atoms with Crippen molar-refractivity contribution in [1.29, 1.82) is 0 Å². The van der Waals surface area contributed by atoms with Crippen molar-refractivity contribution in [3.05, 3.63) is 62.0 Å². The summed E-state index contributed by atoms with van der Waals surface area (Å²) in [5.41, 5.74) is 4.18. The molecular weight excluding hydrogens is 481 g/mol. The molecule has 154 valence electrons. The number of rotatable bonds is 7. The monoisotopic (exact) mass is 499 g/mol. The average Bonchev–Trinajstić information content (AvgIpc) is 2.70. The molecule has 0 radical (unpaired) electrons. The molecule has 1 heterocycles. The maximum atomic E-state index is 12.1. The zero-order valence-electron chi connectivity index (χ0n) is 15.5. The van der Waals surface area contributed by atoms with Gasteiger partial charge < -0.3 is 9.47 Å². The second kappa shape index (κ2) is 10.9. The first-order valence-electron chi connectivity index (χ1n) is 8.99. The summed E-state index contributed by atoms with van der Waals surface area (Å²) < 4.78 is 12.1. The number of benzene rings is 2. The Hall–Kier alpha value is -1.64. The van der Waals surface area contributed by atoms with E-state index in [2.05, 4.69) is 26.5 Å². The van der Waals surface area contributed by atoms with Crippen molar-refractivity contribution in [3.8, 4) is 5.75 Å². The number of ether oxygens (including phenoxy) is 2. The predicted molar refractivity (Wildman–Crippen MR) is 118 cm³/mol. The van der Waals surface area contributed by atoms with Crippen LogP contribution in [0, 0.1) is 0 Å². The second-order valence-electron chi connectivity index (χ2n) is 6.40. The highest BCUT2D eigenvalue weighted by Gasteiger charge is 2.13. The fourth-order valence-corrected chi connectivity index (χ4v) is 3.41. The van der Waals surface area contributed by atoms with Gasteiger partial charge in [-0.05, 0) is 35.9 Å². The molecule has 29 heavy (non-hydrogen) atoms. The van der Waals surface area contributed by atoms with E-state index < -0.39 is 0 Å². The number of carbonyl (C=O) groups is 1. The number of morpholine rings is 1. The van der Waals surface area contributed by atoms with Gasteiger partial charge in [0.1, 0.15) is 12.4 Å². The summed E-state index contributed by atoms with van der Waals surface area (Å²) in [4.78, 5) is 14.1. The van der Waals surface area contributed by atoms with E-state index in [0.29, 0.717) is 42.2 Å². The maximum Gasteiger partial charge on any atom is 0.254 e. The molecule has 0 spiro atoms. The highest BCUT2D eigenvalue weighted by Crippen LogP contribution is 2.25. The molecule has 0 bridgehead atoms. The summed E-state index contributed by atoms with van der Waals surface area (Å²) in [5, 5.41) is 5.05. The molecule has 0 saturated carbocycles. The summed E-state index contributed by atoms with van der Waals surface area (Å²) in [6.45, 7) is 3.40. The second-order valence-corrected chi connectivity index (χ2v) is 8.13. The topological polar surface area (TPSA) is 63.2 Å². The molecule has 3 rings (SSSR count). The zero-order valence-corrected chi connectivity index (χ0v) is 18.6. The molecule has 1 saturated heterocycles. The first-order chi connectivity index (χ1) is 14.0. The van der Waals surface area contributed by atoms with Gasteiger partial charge in [-0.15, -0.1) is 0 Å². The molecule has 1 N–H and O–H groups in total. The summed E-state index contributed by atoms with van der Waals surface area (Å²) in [5.74, 6) is 0.460. The van der Waals surface area contributed by atoms with Crippen molar-refractivity contribution in [2.75, 3.05) is 32.8 Å². The van der Waals surface area contributed by atoms with Crippen LogP contribution in [0.15, 0.2) is 46.0 Å². The van der Waals surface area contributed by atoms with E-state index in [9.17, 15) is 4.79 Å². The van der Waals surface area contributed by atoms with E-state index in [0.717, 1.165) is 28.7 Å². The van der Waals surface area contributed by atoms with Crippen LogP contribution in [0.2, 0.25) is 10.0 Å². The quantitative estimate of drug-likeness (QED) is 0.459. The van der Waals surface area contributed by atoms with Crippen molar-refractivity contribution >= 4 is 51.3 Å². The van der Waals surface area contributed by atoms with Crippen molar-refractivity contribution in [1.82, 2.24) is 10.3 Å². The van der Waals surface area contributed by atoms with E-state index in [4.69, 9.17) is 32.7 Å². The van der Waals surface area contributed by atoms with Gasteiger partial charge in [-0.3, -0.25) is 9.69 Å². The lowest BCUT2D eigenvalue weighted by Gasteiger charge is -2.25. The van der Waals surface area contributed by atoms with E-state index in [1.807, 2.05) is 29.2 Å². The third kappa shape index (κ3) is 6.97. The Kier molecular flexibility index (Phi) is 8.32. The van der Waals surface area contributed by atoms with Gasteiger partial charge in [0.15, 0.2) is 0 Å². The summed E-state index contributed by atoms with van der Waals surface area (Å²) in [7, 11) is 0. The largest absolute Gasteiger partial charge is 0.488 e. The molecule has 6 nitrogen and oxygen atoms in total. The average molecular weight is 501 g/mol. The Labute approximate surface area is 187 Å². The molecule has 1 fully saturated rings. The molecule has 0 aliphatic carbocycles. The number of amides is 1. The maximum absolute atomic E-state index is 12.1. The van der Waals surface area contributed by atoms with Gasteiger partial charge in [-0.1, -0.05) is 45.2 Å². The minimum absolute atomic E-state index is 0.170. The van der Waals surface area contributed by atoms with Gasteiger partial charge in [0.25, 0.3) is 5.91 Å². The number of nitrogens with zero attached hydrogens (tertiary/aromatic N) is 2. The molecular formula is C20H20BrCl2N3O3. The molecule has 1 aliphatic heterocycles. The first kappa shape index (κ1) is 22.1. The number of hydrazone groups is 1. The Balaban J connectivity index is 1.59. The minimum atomic E-state index is -0.170. The Morgan fingerprint density at radius 3 is 2.76 bits per heavy atom. The molecule has 0 aromatic heterocycles. The van der Waals surface area contributed by atoms with Crippen LogP contribution < -0.4 is 10.2 Å². The fraction of sp³-hybridized carbons (Fsp3) is 0.300. The lowest BCUT2D eigenvalue weighted by atomic mass is 10.2. The van der Waals surface area contributed by atoms with Crippen LogP contribution in [0.4, 0.5) is 0 Å². The van der Waals surface area contributed by atoms with E-state index >= 15 is 0 Å². The molecule has 0 atom stereocenters. The fourth-order valence-electron chi connectivity index (χ4n) is 2.71. The van der Waals surface area contributed by atoms with Crippen molar-refractivity contribution in [2.24, 2.45) is 5.10 Å².